The topological polar surface area (TPSA) is 3.24 Å². The monoisotopic (exact) mass is 177 g/mol. The molecule has 0 unspecified atom stereocenters. The van der Waals surface area contributed by atoms with Gasteiger partial charge in [-0.1, -0.05) is 0 Å². The van der Waals surface area contributed by atoms with Gasteiger partial charge in [-0.15, -0.1) is 11.6 Å². The van der Waals surface area contributed by atoms with Gasteiger partial charge in [-0.3, -0.25) is 4.90 Å². The van der Waals surface area contributed by atoms with E-state index in [2.05, 4.69) is 16.7 Å². The summed E-state index contributed by atoms with van der Waals surface area (Å²) in [4.78, 5) is 2.54. The van der Waals surface area contributed by atoms with Gasteiger partial charge >= 0.3 is 0 Å². The standard InChI is InChI=1S/C7H12ClNS/c8-1-2-9-4-7-3-6(9)5-10-7/h6-7H,1-5H2/t6-,7-/m0/s1. The zero-order valence-corrected chi connectivity index (χ0v) is 7.50. The third-order valence-corrected chi connectivity index (χ3v) is 3.94. The molecule has 3 heteroatoms. The Bertz CT molecular complexity index is 131. The third kappa shape index (κ3) is 1.17. The van der Waals surface area contributed by atoms with Crippen molar-refractivity contribution in [3.05, 3.63) is 0 Å². The van der Waals surface area contributed by atoms with Gasteiger partial charge in [0, 0.05) is 36.0 Å². The first-order valence-corrected chi connectivity index (χ1v) is 5.40. The van der Waals surface area contributed by atoms with E-state index in [-0.39, 0.29) is 0 Å². The smallest absolute Gasteiger partial charge is 0.0351 e. The van der Waals surface area contributed by atoms with Gasteiger partial charge in [0.05, 0.1) is 0 Å². The molecule has 2 saturated heterocycles. The third-order valence-electron chi connectivity index (χ3n) is 2.39. The predicted molar refractivity (Wildman–Crippen MR) is 46.9 cm³/mol. The number of alkyl halides is 1. The number of likely N-dealkylation sites (tertiary alicyclic amines) is 1. The summed E-state index contributed by atoms with van der Waals surface area (Å²) in [6.07, 6.45) is 1.42. The second-order valence-corrected chi connectivity index (χ2v) is 4.74. The van der Waals surface area contributed by atoms with Crippen molar-refractivity contribution in [3.63, 3.8) is 0 Å². The minimum Gasteiger partial charge on any atom is -0.297 e. The lowest BCUT2D eigenvalue weighted by Gasteiger charge is -2.24. The van der Waals surface area contributed by atoms with Crippen molar-refractivity contribution in [1.29, 1.82) is 0 Å². The fourth-order valence-electron chi connectivity index (χ4n) is 1.86. The Morgan fingerprint density at radius 3 is 3.00 bits per heavy atom. The highest BCUT2D eigenvalue weighted by atomic mass is 35.5. The largest absolute Gasteiger partial charge is 0.297 e. The van der Waals surface area contributed by atoms with Crippen LogP contribution in [0.25, 0.3) is 0 Å². The molecule has 0 aromatic rings. The van der Waals surface area contributed by atoms with Gasteiger partial charge in [0.2, 0.25) is 0 Å². The summed E-state index contributed by atoms with van der Waals surface area (Å²) in [6, 6.07) is 0.869. The molecule has 1 nitrogen and oxygen atoms in total. The summed E-state index contributed by atoms with van der Waals surface area (Å²) in [5.41, 5.74) is 0. The van der Waals surface area contributed by atoms with Crippen LogP contribution in [0, 0.1) is 0 Å². The Hall–Kier alpha value is 0.600. The summed E-state index contributed by atoms with van der Waals surface area (Å²) < 4.78 is 0. The van der Waals surface area contributed by atoms with Crippen LogP contribution in [0.2, 0.25) is 0 Å². The first-order chi connectivity index (χ1) is 4.90. The number of thioether (sulfide) groups is 1. The Labute approximate surface area is 71.1 Å². The van der Waals surface area contributed by atoms with Crippen LogP contribution >= 0.6 is 23.4 Å². The minimum absolute atomic E-state index is 0.799. The predicted octanol–water partition coefficient (Wildman–Crippen LogP) is 1.41. The van der Waals surface area contributed by atoms with Crippen molar-refractivity contribution in [2.75, 3.05) is 24.7 Å². The molecule has 2 aliphatic rings. The summed E-state index contributed by atoms with van der Waals surface area (Å²) in [6.45, 7) is 2.39. The lowest BCUT2D eigenvalue weighted by Crippen LogP contribution is -2.35. The number of hydrogen-bond acceptors (Lipinski definition) is 2. The van der Waals surface area contributed by atoms with Crippen molar-refractivity contribution in [2.24, 2.45) is 0 Å². The SMILES string of the molecule is ClCCN1C[C@@H]2C[C@H]1CS2. The summed E-state index contributed by atoms with van der Waals surface area (Å²) in [7, 11) is 0. The van der Waals surface area contributed by atoms with Crippen LogP contribution in [0.5, 0.6) is 0 Å². The van der Waals surface area contributed by atoms with Crippen LogP contribution < -0.4 is 0 Å². The van der Waals surface area contributed by atoms with E-state index in [0.29, 0.717) is 0 Å². The Morgan fingerprint density at radius 1 is 1.60 bits per heavy atom. The molecule has 2 heterocycles. The average Bonchev–Trinajstić information content (AvgIpc) is 2.48. The first kappa shape index (κ1) is 7.26. The molecular formula is C7H12ClNS. The van der Waals surface area contributed by atoms with Crippen molar-refractivity contribution >= 4 is 23.4 Å². The van der Waals surface area contributed by atoms with Crippen LogP contribution in [0.1, 0.15) is 6.42 Å². The maximum absolute atomic E-state index is 5.67. The van der Waals surface area contributed by atoms with E-state index in [1.54, 1.807) is 0 Å². The van der Waals surface area contributed by atoms with Crippen LogP contribution in [0.3, 0.4) is 0 Å². The second kappa shape index (κ2) is 2.92. The van der Waals surface area contributed by atoms with Crippen molar-refractivity contribution < 1.29 is 0 Å². The normalized spacial score (nSPS) is 39.3. The Kier molecular flexibility index (Phi) is 2.12. The van der Waals surface area contributed by atoms with Crippen LogP contribution in [0.15, 0.2) is 0 Å². The molecular weight excluding hydrogens is 166 g/mol. The molecule has 0 aromatic carbocycles. The minimum atomic E-state index is 0.799. The molecule has 58 valence electrons. The highest BCUT2D eigenvalue weighted by molar-refractivity contribution is 8.00. The van der Waals surface area contributed by atoms with Gasteiger partial charge < -0.3 is 0 Å². The van der Waals surface area contributed by atoms with Crippen molar-refractivity contribution in [3.8, 4) is 0 Å². The lowest BCUT2D eigenvalue weighted by molar-refractivity contribution is 0.286. The van der Waals surface area contributed by atoms with Gasteiger partial charge in [-0.25, -0.2) is 0 Å². The molecule has 0 radical (unpaired) electrons. The first-order valence-electron chi connectivity index (χ1n) is 3.82. The van der Waals surface area contributed by atoms with E-state index < -0.39 is 0 Å². The fourth-order valence-corrected chi connectivity index (χ4v) is 3.57. The number of nitrogens with zero attached hydrogens (tertiary/aromatic N) is 1. The second-order valence-electron chi connectivity index (χ2n) is 3.03. The average molecular weight is 178 g/mol. The highest BCUT2D eigenvalue weighted by Crippen LogP contribution is 2.36. The lowest BCUT2D eigenvalue weighted by atomic mass is 10.2. The Morgan fingerprint density at radius 2 is 2.50 bits per heavy atom. The zero-order valence-electron chi connectivity index (χ0n) is 5.92. The van der Waals surface area contributed by atoms with E-state index in [0.717, 1.165) is 23.7 Å². The van der Waals surface area contributed by atoms with Crippen molar-refractivity contribution in [1.82, 2.24) is 4.90 Å². The maximum Gasteiger partial charge on any atom is 0.0351 e. The van der Waals surface area contributed by atoms with E-state index in [1.807, 2.05) is 0 Å². The Balaban J connectivity index is 1.90. The van der Waals surface area contributed by atoms with Crippen LogP contribution in [-0.4, -0.2) is 40.9 Å². The number of fused-ring (bicyclic) bond motifs is 2. The molecule has 0 spiro atoms. The summed E-state index contributed by atoms with van der Waals surface area (Å²) in [5.74, 6) is 2.15. The molecule has 0 amide bonds. The van der Waals surface area contributed by atoms with Gasteiger partial charge in [0.1, 0.15) is 0 Å². The zero-order chi connectivity index (χ0) is 6.97. The van der Waals surface area contributed by atoms with Gasteiger partial charge in [-0.05, 0) is 6.42 Å². The molecule has 0 saturated carbocycles. The van der Waals surface area contributed by atoms with E-state index in [9.17, 15) is 0 Å². The molecule has 0 N–H and O–H groups in total. The molecule has 2 bridgehead atoms. The van der Waals surface area contributed by atoms with Crippen LogP contribution in [0.4, 0.5) is 0 Å². The van der Waals surface area contributed by atoms with E-state index >= 15 is 0 Å². The molecule has 2 atom stereocenters. The molecule has 2 fully saturated rings. The van der Waals surface area contributed by atoms with Gasteiger partial charge in [0.15, 0.2) is 0 Å². The molecule has 10 heavy (non-hydrogen) atoms. The molecule has 2 aliphatic heterocycles. The van der Waals surface area contributed by atoms with E-state index in [4.69, 9.17) is 11.6 Å². The summed E-state index contributed by atoms with van der Waals surface area (Å²) >= 11 is 7.81. The molecule has 0 aliphatic carbocycles. The maximum atomic E-state index is 5.67. The number of hydrogen-bond donors (Lipinski definition) is 0. The van der Waals surface area contributed by atoms with Gasteiger partial charge in [0.25, 0.3) is 0 Å². The molecule has 2 rings (SSSR count). The van der Waals surface area contributed by atoms with E-state index in [1.165, 1.54) is 18.7 Å². The highest BCUT2D eigenvalue weighted by Gasteiger charge is 2.37. The number of rotatable bonds is 2. The summed E-state index contributed by atoms with van der Waals surface area (Å²) in [5, 5.41) is 0.938. The number of halogens is 1. The molecule has 0 aromatic heterocycles. The van der Waals surface area contributed by atoms with Crippen LogP contribution in [-0.2, 0) is 0 Å². The van der Waals surface area contributed by atoms with Gasteiger partial charge in [-0.2, -0.15) is 11.8 Å². The fraction of sp³-hybridized carbons (Fsp3) is 1.00. The van der Waals surface area contributed by atoms with Crippen molar-refractivity contribution in [2.45, 2.75) is 17.7 Å². The quantitative estimate of drug-likeness (QED) is 0.587.